The lowest BCUT2D eigenvalue weighted by Crippen LogP contribution is -2.26. The maximum absolute atomic E-state index is 13.3. The van der Waals surface area contributed by atoms with Gasteiger partial charge in [0, 0.05) is 18.0 Å². The second kappa shape index (κ2) is 8.15. The number of ether oxygens (including phenoxy) is 2. The van der Waals surface area contributed by atoms with Gasteiger partial charge in [-0.15, -0.1) is 0 Å². The van der Waals surface area contributed by atoms with E-state index < -0.39 is 11.9 Å². The third-order valence-electron chi connectivity index (χ3n) is 4.44. The SMILES string of the molecule is CC1=C(C(=O)OC(C)C)[C@@H](c2cncc(-c3ccc(F)cc3)c2)C(C#N)=C(N)O1. The Labute approximate surface area is 168 Å². The molecule has 7 heteroatoms. The minimum Gasteiger partial charge on any atom is -0.459 e. The van der Waals surface area contributed by atoms with Gasteiger partial charge in [0.1, 0.15) is 23.2 Å². The van der Waals surface area contributed by atoms with E-state index in [4.69, 9.17) is 15.2 Å². The number of nitriles is 1. The van der Waals surface area contributed by atoms with E-state index in [0.29, 0.717) is 11.1 Å². The summed E-state index contributed by atoms with van der Waals surface area (Å²) in [6.45, 7) is 5.07. The van der Waals surface area contributed by atoms with Crippen LogP contribution in [0.15, 0.2) is 65.5 Å². The Kier molecular flexibility index (Phi) is 5.64. The van der Waals surface area contributed by atoms with Gasteiger partial charge in [-0.2, -0.15) is 5.26 Å². The molecular weight excluding hydrogens is 373 g/mol. The molecule has 6 nitrogen and oxygen atoms in total. The number of pyridine rings is 1. The summed E-state index contributed by atoms with van der Waals surface area (Å²) in [5.74, 6) is -1.52. The number of aromatic nitrogens is 1. The van der Waals surface area contributed by atoms with Crippen molar-refractivity contribution in [2.24, 2.45) is 5.73 Å². The third kappa shape index (κ3) is 4.11. The van der Waals surface area contributed by atoms with Crippen LogP contribution in [0.25, 0.3) is 11.1 Å². The maximum Gasteiger partial charge on any atom is 0.338 e. The molecule has 1 atom stereocenters. The Morgan fingerprint density at radius 3 is 2.59 bits per heavy atom. The van der Waals surface area contributed by atoms with Crippen LogP contribution in [-0.2, 0) is 14.3 Å². The molecule has 1 aliphatic heterocycles. The number of nitrogens with zero attached hydrogens (tertiary/aromatic N) is 2. The summed E-state index contributed by atoms with van der Waals surface area (Å²) in [6, 6.07) is 9.79. The van der Waals surface area contributed by atoms with Gasteiger partial charge < -0.3 is 15.2 Å². The van der Waals surface area contributed by atoms with E-state index >= 15 is 0 Å². The van der Waals surface area contributed by atoms with Crippen LogP contribution in [0.3, 0.4) is 0 Å². The Balaban J connectivity index is 2.12. The molecule has 148 valence electrons. The highest BCUT2D eigenvalue weighted by molar-refractivity contribution is 5.92. The Bertz CT molecular complexity index is 1050. The summed E-state index contributed by atoms with van der Waals surface area (Å²) in [4.78, 5) is 17.0. The molecule has 0 aliphatic carbocycles. The average Bonchev–Trinajstić information content (AvgIpc) is 2.67. The van der Waals surface area contributed by atoms with Gasteiger partial charge in [0.2, 0.25) is 5.88 Å². The normalized spacial score (nSPS) is 16.5. The van der Waals surface area contributed by atoms with E-state index in [2.05, 4.69) is 4.98 Å². The van der Waals surface area contributed by atoms with Gasteiger partial charge in [-0.05, 0) is 50.1 Å². The van der Waals surface area contributed by atoms with Gasteiger partial charge >= 0.3 is 5.97 Å². The Morgan fingerprint density at radius 1 is 1.28 bits per heavy atom. The van der Waals surface area contributed by atoms with Crippen LogP contribution >= 0.6 is 0 Å². The average molecular weight is 393 g/mol. The molecule has 29 heavy (non-hydrogen) atoms. The third-order valence-corrected chi connectivity index (χ3v) is 4.44. The van der Waals surface area contributed by atoms with Crippen LogP contribution in [0.2, 0.25) is 0 Å². The fraction of sp³-hybridized carbons (Fsp3) is 0.227. The number of hydrogen-bond acceptors (Lipinski definition) is 6. The zero-order valence-electron chi connectivity index (χ0n) is 16.3. The highest BCUT2D eigenvalue weighted by Gasteiger charge is 2.37. The van der Waals surface area contributed by atoms with Crippen molar-refractivity contribution >= 4 is 5.97 Å². The first-order valence-electron chi connectivity index (χ1n) is 9.02. The molecule has 0 spiro atoms. The number of rotatable bonds is 4. The summed E-state index contributed by atoms with van der Waals surface area (Å²) in [5, 5.41) is 9.67. The number of benzene rings is 1. The molecule has 1 aliphatic rings. The molecule has 2 heterocycles. The number of carbonyl (C=O) groups is 1. The van der Waals surface area contributed by atoms with E-state index in [0.717, 1.165) is 5.56 Å². The van der Waals surface area contributed by atoms with Crippen LogP contribution < -0.4 is 5.73 Å². The zero-order valence-corrected chi connectivity index (χ0v) is 16.3. The molecule has 3 rings (SSSR count). The van der Waals surface area contributed by atoms with Crippen molar-refractivity contribution < 1.29 is 18.7 Å². The van der Waals surface area contributed by atoms with Gasteiger partial charge in [0.25, 0.3) is 0 Å². The minimum atomic E-state index is -0.784. The van der Waals surface area contributed by atoms with E-state index in [1.165, 1.54) is 12.1 Å². The molecular formula is C22H20FN3O3. The van der Waals surface area contributed by atoms with Crippen LogP contribution in [0.4, 0.5) is 4.39 Å². The Hall–Kier alpha value is -3.66. The molecule has 2 N–H and O–H groups in total. The first-order valence-corrected chi connectivity index (χ1v) is 9.02. The largest absolute Gasteiger partial charge is 0.459 e. The number of carbonyl (C=O) groups excluding carboxylic acids is 1. The molecule has 0 unspecified atom stereocenters. The predicted octanol–water partition coefficient (Wildman–Crippen LogP) is 3.92. The minimum absolute atomic E-state index is 0.0664. The number of allylic oxidation sites excluding steroid dienone is 2. The van der Waals surface area contributed by atoms with E-state index in [9.17, 15) is 14.4 Å². The second-order valence-corrected chi connectivity index (χ2v) is 6.86. The number of halogens is 1. The molecule has 1 aromatic carbocycles. The maximum atomic E-state index is 13.3. The first kappa shape index (κ1) is 20.1. The van der Waals surface area contributed by atoms with E-state index in [1.54, 1.807) is 51.4 Å². The number of esters is 1. The lowest BCUT2D eigenvalue weighted by Gasteiger charge is -2.27. The highest BCUT2D eigenvalue weighted by atomic mass is 19.1. The van der Waals surface area contributed by atoms with E-state index in [1.807, 2.05) is 6.07 Å². The van der Waals surface area contributed by atoms with Gasteiger partial charge in [0.15, 0.2) is 0 Å². The second-order valence-electron chi connectivity index (χ2n) is 6.86. The van der Waals surface area contributed by atoms with Crippen molar-refractivity contribution in [2.75, 3.05) is 0 Å². The van der Waals surface area contributed by atoms with Crippen LogP contribution in [0.5, 0.6) is 0 Å². The monoisotopic (exact) mass is 393 g/mol. The predicted molar refractivity (Wildman–Crippen MR) is 104 cm³/mol. The van der Waals surface area contributed by atoms with Crippen LogP contribution in [0.1, 0.15) is 32.3 Å². The summed E-state index contributed by atoms with van der Waals surface area (Å²) in [5.41, 5.74) is 8.25. The quantitative estimate of drug-likeness (QED) is 0.791. The number of hydrogen-bond donors (Lipinski definition) is 1. The van der Waals surface area contributed by atoms with Crippen molar-refractivity contribution in [3.8, 4) is 17.2 Å². The topological polar surface area (TPSA) is 98.2 Å². The van der Waals surface area contributed by atoms with Crippen molar-refractivity contribution in [3.63, 3.8) is 0 Å². The smallest absolute Gasteiger partial charge is 0.338 e. The molecule has 0 bridgehead atoms. The molecule has 0 saturated heterocycles. The standard InChI is InChI=1S/C22H20FN3O3/c1-12(2)28-22(27)19-13(3)29-21(25)18(9-24)20(19)16-8-15(10-26-11-16)14-4-6-17(23)7-5-14/h4-8,10-12,20H,25H2,1-3H3/t20-/m0/s1. The van der Waals surface area contributed by atoms with Crippen molar-refractivity contribution in [1.82, 2.24) is 4.98 Å². The van der Waals surface area contributed by atoms with Gasteiger partial charge in [0.05, 0.1) is 17.6 Å². The van der Waals surface area contributed by atoms with Gasteiger partial charge in [-0.25, -0.2) is 9.18 Å². The Morgan fingerprint density at radius 2 is 1.97 bits per heavy atom. The molecule has 0 radical (unpaired) electrons. The van der Waals surface area contributed by atoms with Crippen LogP contribution in [0, 0.1) is 17.1 Å². The lowest BCUT2D eigenvalue weighted by molar-refractivity contribution is -0.143. The van der Waals surface area contributed by atoms with Crippen molar-refractivity contribution in [2.45, 2.75) is 32.8 Å². The summed E-state index contributed by atoms with van der Waals surface area (Å²) in [7, 11) is 0. The zero-order chi connectivity index (χ0) is 21.1. The van der Waals surface area contributed by atoms with E-state index in [-0.39, 0.29) is 34.7 Å². The fourth-order valence-corrected chi connectivity index (χ4v) is 3.17. The highest BCUT2D eigenvalue weighted by Crippen LogP contribution is 2.40. The summed E-state index contributed by atoms with van der Waals surface area (Å²) >= 11 is 0. The molecule has 0 saturated carbocycles. The number of nitrogens with two attached hydrogens (primary N) is 1. The van der Waals surface area contributed by atoms with Gasteiger partial charge in [-0.1, -0.05) is 12.1 Å². The summed E-state index contributed by atoms with van der Waals surface area (Å²) in [6.07, 6.45) is 2.84. The molecule has 0 fully saturated rings. The fourth-order valence-electron chi connectivity index (χ4n) is 3.17. The van der Waals surface area contributed by atoms with Crippen LogP contribution in [-0.4, -0.2) is 17.1 Å². The molecule has 0 amide bonds. The van der Waals surface area contributed by atoms with Crippen molar-refractivity contribution in [3.05, 3.63) is 76.9 Å². The van der Waals surface area contributed by atoms with Crippen molar-refractivity contribution in [1.29, 1.82) is 5.26 Å². The molecule has 2 aromatic rings. The first-order chi connectivity index (χ1) is 13.8. The lowest BCUT2D eigenvalue weighted by atomic mass is 9.83. The molecule has 1 aromatic heterocycles. The summed E-state index contributed by atoms with van der Waals surface area (Å²) < 4.78 is 24.0. The van der Waals surface area contributed by atoms with Gasteiger partial charge in [-0.3, -0.25) is 4.98 Å².